The largest absolute Gasteiger partial charge is 0.367 e. The number of Topliss-reactive ketones (excluding diaryl/α,β-unsaturated/α-hetero) is 1. The lowest BCUT2D eigenvalue weighted by Gasteiger charge is -2.14. The van der Waals surface area contributed by atoms with Crippen LogP contribution in [0.5, 0.6) is 0 Å². The van der Waals surface area contributed by atoms with Crippen molar-refractivity contribution in [2.45, 2.75) is 31.6 Å². The molecule has 0 saturated carbocycles. The third-order valence-electron chi connectivity index (χ3n) is 2.64. The number of aryl methyl sites for hydroxylation is 1. The van der Waals surface area contributed by atoms with E-state index in [-0.39, 0.29) is 12.2 Å². The molecule has 0 aliphatic rings. The molecule has 0 aliphatic carbocycles. The monoisotopic (exact) mass is 292 g/mol. The summed E-state index contributed by atoms with van der Waals surface area (Å²) >= 11 is 0. The highest BCUT2D eigenvalue weighted by molar-refractivity contribution is 5.79. The fourth-order valence-corrected chi connectivity index (χ4v) is 1.57. The summed E-state index contributed by atoms with van der Waals surface area (Å²) in [6, 6.07) is 9.49. The Balaban J connectivity index is 2.15. The molecule has 1 aromatic rings. The third kappa shape index (κ3) is 6.14. The Morgan fingerprint density at radius 2 is 1.85 bits per heavy atom. The number of benzene rings is 1. The smallest absolute Gasteiger partial charge is 0.330 e. The zero-order valence-corrected chi connectivity index (χ0v) is 10.8. The van der Waals surface area contributed by atoms with Crippen LogP contribution < -0.4 is 0 Å². The summed E-state index contributed by atoms with van der Waals surface area (Å²) in [5.74, 6) is -4.57. The van der Waals surface area contributed by atoms with Crippen molar-refractivity contribution in [3.8, 4) is 0 Å². The molecule has 1 rings (SSSR count). The maximum absolute atomic E-state index is 12.5. The van der Waals surface area contributed by atoms with E-state index in [1.807, 2.05) is 30.3 Å². The quantitative estimate of drug-likeness (QED) is 0.651. The van der Waals surface area contributed by atoms with Gasteiger partial charge in [-0.3, -0.25) is 4.79 Å². The summed E-state index contributed by atoms with van der Waals surface area (Å²) in [4.78, 5) is 11.3. The summed E-state index contributed by atoms with van der Waals surface area (Å²) in [6.07, 6.45) is -2.34. The fraction of sp³-hybridized carbons (Fsp3) is 0.500. The van der Waals surface area contributed by atoms with Gasteiger partial charge in [0.15, 0.2) is 5.78 Å². The SMILES string of the molecule is O=C(CCCc1ccccc1)COCC(F)(F)C(F)F. The highest BCUT2D eigenvalue weighted by atomic mass is 19.3. The van der Waals surface area contributed by atoms with Crippen molar-refractivity contribution in [3.63, 3.8) is 0 Å². The van der Waals surface area contributed by atoms with E-state index in [1.165, 1.54) is 0 Å². The topological polar surface area (TPSA) is 26.3 Å². The average molecular weight is 292 g/mol. The highest BCUT2D eigenvalue weighted by Crippen LogP contribution is 2.22. The van der Waals surface area contributed by atoms with Crippen LogP contribution in [0.15, 0.2) is 30.3 Å². The third-order valence-corrected chi connectivity index (χ3v) is 2.64. The van der Waals surface area contributed by atoms with Crippen molar-refractivity contribution < 1.29 is 27.1 Å². The predicted octanol–water partition coefficient (Wildman–Crippen LogP) is 3.50. The van der Waals surface area contributed by atoms with Crippen LogP contribution in [0.2, 0.25) is 0 Å². The number of carbonyl (C=O) groups excluding carboxylic acids is 1. The molecule has 20 heavy (non-hydrogen) atoms. The van der Waals surface area contributed by atoms with Crippen molar-refractivity contribution in [1.29, 1.82) is 0 Å². The Labute approximate surface area is 114 Å². The van der Waals surface area contributed by atoms with Crippen LogP contribution >= 0.6 is 0 Å². The normalized spacial score (nSPS) is 11.8. The second-order valence-electron chi connectivity index (χ2n) is 4.43. The van der Waals surface area contributed by atoms with Crippen molar-refractivity contribution >= 4 is 5.78 Å². The van der Waals surface area contributed by atoms with Crippen LogP contribution in [-0.4, -0.2) is 31.3 Å². The Morgan fingerprint density at radius 3 is 2.45 bits per heavy atom. The highest BCUT2D eigenvalue weighted by Gasteiger charge is 2.41. The number of rotatable bonds is 9. The van der Waals surface area contributed by atoms with Gasteiger partial charge in [0.05, 0.1) is 0 Å². The minimum atomic E-state index is -4.20. The first kappa shape index (κ1) is 16.6. The van der Waals surface area contributed by atoms with E-state index < -0.39 is 25.6 Å². The summed E-state index contributed by atoms with van der Waals surface area (Å²) < 4.78 is 52.9. The van der Waals surface area contributed by atoms with Gasteiger partial charge in [-0.1, -0.05) is 30.3 Å². The van der Waals surface area contributed by atoms with E-state index in [0.717, 1.165) is 5.56 Å². The molecule has 0 radical (unpaired) electrons. The number of ether oxygens (including phenoxy) is 1. The molecule has 0 aromatic heterocycles. The van der Waals surface area contributed by atoms with E-state index in [9.17, 15) is 22.4 Å². The van der Waals surface area contributed by atoms with Gasteiger partial charge >= 0.3 is 12.3 Å². The number of hydrogen-bond acceptors (Lipinski definition) is 2. The number of alkyl halides is 4. The molecule has 0 atom stereocenters. The van der Waals surface area contributed by atoms with E-state index in [1.54, 1.807) is 0 Å². The Bertz CT molecular complexity index is 407. The molecule has 0 spiro atoms. The Hall–Kier alpha value is -1.43. The summed E-state index contributed by atoms with van der Waals surface area (Å²) in [6.45, 7) is -1.99. The summed E-state index contributed by atoms with van der Waals surface area (Å²) in [5.41, 5.74) is 1.07. The molecule has 0 fully saturated rings. The van der Waals surface area contributed by atoms with Gasteiger partial charge < -0.3 is 4.74 Å². The van der Waals surface area contributed by atoms with E-state index in [4.69, 9.17) is 0 Å². The van der Waals surface area contributed by atoms with Gasteiger partial charge in [-0.05, 0) is 18.4 Å². The molecule has 1 aromatic carbocycles. The van der Waals surface area contributed by atoms with E-state index in [0.29, 0.717) is 12.8 Å². The zero-order chi connectivity index (χ0) is 15.0. The molecule has 0 unspecified atom stereocenters. The van der Waals surface area contributed by atoms with Crippen molar-refractivity contribution in [2.75, 3.05) is 13.2 Å². The average Bonchev–Trinajstić information content (AvgIpc) is 2.39. The van der Waals surface area contributed by atoms with E-state index in [2.05, 4.69) is 4.74 Å². The molecule has 2 nitrogen and oxygen atoms in total. The molecule has 0 amide bonds. The van der Waals surface area contributed by atoms with Crippen LogP contribution in [0.25, 0.3) is 0 Å². The fourth-order valence-electron chi connectivity index (χ4n) is 1.57. The molecular weight excluding hydrogens is 276 g/mol. The van der Waals surface area contributed by atoms with Gasteiger partial charge in [0.25, 0.3) is 0 Å². The maximum atomic E-state index is 12.5. The predicted molar refractivity (Wildman–Crippen MR) is 66.2 cm³/mol. The first-order chi connectivity index (χ1) is 9.42. The number of carbonyl (C=O) groups is 1. The molecule has 112 valence electrons. The molecule has 0 saturated heterocycles. The number of hydrogen-bond donors (Lipinski definition) is 0. The van der Waals surface area contributed by atoms with Crippen LogP contribution in [-0.2, 0) is 16.0 Å². The van der Waals surface area contributed by atoms with Crippen molar-refractivity contribution in [3.05, 3.63) is 35.9 Å². The standard InChI is InChI=1S/C14H16F4O2/c15-13(16)14(17,18)10-20-9-12(19)8-4-7-11-5-2-1-3-6-11/h1-3,5-6,13H,4,7-10H2. The Kier molecular flexibility index (Phi) is 6.64. The first-order valence-electron chi connectivity index (χ1n) is 6.21. The van der Waals surface area contributed by atoms with Gasteiger partial charge in [-0.2, -0.15) is 8.78 Å². The number of ketones is 1. The lowest BCUT2D eigenvalue weighted by atomic mass is 10.1. The summed E-state index contributed by atoms with van der Waals surface area (Å²) in [7, 11) is 0. The molecule has 0 heterocycles. The van der Waals surface area contributed by atoms with Crippen LogP contribution in [0, 0.1) is 0 Å². The van der Waals surface area contributed by atoms with Crippen molar-refractivity contribution in [2.24, 2.45) is 0 Å². The van der Waals surface area contributed by atoms with Gasteiger partial charge in [-0.25, -0.2) is 8.78 Å². The minimum Gasteiger partial charge on any atom is -0.367 e. The second kappa shape index (κ2) is 7.99. The van der Waals surface area contributed by atoms with Crippen LogP contribution in [0.3, 0.4) is 0 Å². The molecule has 6 heteroatoms. The molecule has 0 aliphatic heterocycles. The molecule has 0 bridgehead atoms. The first-order valence-corrected chi connectivity index (χ1v) is 6.21. The molecule has 0 N–H and O–H groups in total. The number of halogens is 4. The van der Waals surface area contributed by atoms with E-state index >= 15 is 0 Å². The zero-order valence-electron chi connectivity index (χ0n) is 10.8. The lowest BCUT2D eigenvalue weighted by molar-refractivity contribution is -0.168. The molecular formula is C14H16F4O2. The Morgan fingerprint density at radius 1 is 1.20 bits per heavy atom. The van der Waals surface area contributed by atoms with Gasteiger partial charge in [0.2, 0.25) is 0 Å². The van der Waals surface area contributed by atoms with Gasteiger partial charge in [0.1, 0.15) is 13.2 Å². The van der Waals surface area contributed by atoms with Crippen LogP contribution in [0.1, 0.15) is 18.4 Å². The van der Waals surface area contributed by atoms with Crippen LogP contribution in [0.4, 0.5) is 17.6 Å². The minimum absolute atomic E-state index is 0.176. The van der Waals surface area contributed by atoms with Crippen molar-refractivity contribution in [1.82, 2.24) is 0 Å². The maximum Gasteiger partial charge on any atom is 0.330 e. The second-order valence-corrected chi connectivity index (χ2v) is 4.43. The lowest BCUT2D eigenvalue weighted by Crippen LogP contribution is -2.33. The van der Waals surface area contributed by atoms with Gasteiger partial charge in [-0.15, -0.1) is 0 Å². The van der Waals surface area contributed by atoms with Gasteiger partial charge in [0, 0.05) is 6.42 Å². The summed E-state index contributed by atoms with van der Waals surface area (Å²) in [5, 5.41) is 0.